The molecular formula is C12H14BrN3O2S. The van der Waals surface area contributed by atoms with Gasteiger partial charge in [-0.3, -0.25) is 4.68 Å². The molecule has 0 unspecified atom stereocenters. The minimum Gasteiger partial charge on any atom is -0.377 e. The standard InChI is InChI=1S/C12H14BrN3O2S/c1-16-9(6-7-15-16)8-14-12-10(13)4-3-5-11(12)19(2,17)18/h3-7,14H,8H2,1-2H3. The van der Waals surface area contributed by atoms with Gasteiger partial charge in [-0.15, -0.1) is 0 Å². The minimum absolute atomic E-state index is 0.282. The summed E-state index contributed by atoms with van der Waals surface area (Å²) in [7, 11) is -1.43. The molecule has 0 saturated heterocycles. The van der Waals surface area contributed by atoms with E-state index < -0.39 is 9.84 Å². The van der Waals surface area contributed by atoms with E-state index in [-0.39, 0.29) is 4.90 Å². The quantitative estimate of drug-likeness (QED) is 0.924. The summed E-state index contributed by atoms with van der Waals surface area (Å²) < 4.78 is 26.0. The first kappa shape index (κ1) is 14.1. The van der Waals surface area contributed by atoms with Crippen molar-refractivity contribution in [3.05, 3.63) is 40.6 Å². The Morgan fingerprint density at radius 1 is 1.37 bits per heavy atom. The van der Waals surface area contributed by atoms with E-state index in [1.807, 2.05) is 13.1 Å². The Morgan fingerprint density at radius 2 is 2.11 bits per heavy atom. The number of sulfone groups is 1. The van der Waals surface area contributed by atoms with Crippen molar-refractivity contribution in [2.24, 2.45) is 7.05 Å². The Bertz CT molecular complexity index is 695. The van der Waals surface area contributed by atoms with E-state index in [0.29, 0.717) is 12.2 Å². The number of nitrogens with one attached hydrogen (secondary N) is 1. The Hall–Kier alpha value is -1.34. The van der Waals surface area contributed by atoms with E-state index in [1.54, 1.807) is 29.1 Å². The van der Waals surface area contributed by atoms with Crippen molar-refractivity contribution in [3.8, 4) is 0 Å². The second-order valence-corrected chi connectivity index (χ2v) is 7.02. The lowest BCUT2D eigenvalue weighted by Crippen LogP contribution is -2.09. The summed E-state index contributed by atoms with van der Waals surface area (Å²) in [6.07, 6.45) is 2.90. The lowest BCUT2D eigenvalue weighted by Gasteiger charge is -2.13. The van der Waals surface area contributed by atoms with Crippen LogP contribution in [-0.4, -0.2) is 24.5 Å². The van der Waals surface area contributed by atoms with Gasteiger partial charge in [-0.1, -0.05) is 6.07 Å². The van der Waals surface area contributed by atoms with Crippen LogP contribution in [0.15, 0.2) is 39.8 Å². The molecule has 5 nitrogen and oxygen atoms in total. The van der Waals surface area contributed by atoms with Crippen LogP contribution >= 0.6 is 15.9 Å². The van der Waals surface area contributed by atoms with Crippen molar-refractivity contribution in [1.29, 1.82) is 0 Å². The number of benzene rings is 1. The molecule has 0 aliphatic rings. The summed E-state index contributed by atoms with van der Waals surface area (Å²) in [6.45, 7) is 0.502. The number of aromatic nitrogens is 2. The summed E-state index contributed by atoms with van der Waals surface area (Å²) in [5.41, 5.74) is 1.54. The van der Waals surface area contributed by atoms with Gasteiger partial charge in [0.1, 0.15) is 0 Å². The van der Waals surface area contributed by atoms with E-state index in [2.05, 4.69) is 26.3 Å². The van der Waals surface area contributed by atoms with Crippen LogP contribution in [-0.2, 0) is 23.4 Å². The largest absolute Gasteiger partial charge is 0.377 e. The monoisotopic (exact) mass is 343 g/mol. The highest BCUT2D eigenvalue weighted by Gasteiger charge is 2.15. The fraction of sp³-hybridized carbons (Fsp3) is 0.250. The van der Waals surface area contributed by atoms with Crippen LogP contribution in [0.5, 0.6) is 0 Å². The molecule has 2 rings (SSSR count). The van der Waals surface area contributed by atoms with E-state index >= 15 is 0 Å². The molecule has 1 aromatic heterocycles. The number of para-hydroxylation sites is 1. The average Bonchev–Trinajstić information content (AvgIpc) is 2.72. The molecule has 102 valence electrons. The van der Waals surface area contributed by atoms with Crippen LogP contribution < -0.4 is 5.32 Å². The van der Waals surface area contributed by atoms with Crippen molar-refractivity contribution in [2.75, 3.05) is 11.6 Å². The Labute approximate surface area is 120 Å². The molecule has 1 heterocycles. The van der Waals surface area contributed by atoms with Gasteiger partial charge in [-0.2, -0.15) is 5.10 Å². The van der Waals surface area contributed by atoms with Gasteiger partial charge >= 0.3 is 0 Å². The Kier molecular flexibility index (Phi) is 3.96. The predicted octanol–water partition coefficient (Wildman–Crippen LogP) is 2.20. The van der Waals surface area contributed by atoms with Gasteiger partial charge in [0, 0.05) is 24.0 Å². The molecule has 0 spiro atoms. The Balaban J connectivity index is 2.32. The van der Waals surface area contributed by atoms with Gasteiger partial charge in [-0.25, -0.2) is 8.42 Å². The number of nitrogens with zero attached hydrogens (tertiary/aromatic N) is 2. The van der Waals surface area contributed by atoms with Gasteiger partial charge < -0.3 is 5.32 Å². The van der Waals surface area contributed by atoms with E-state index in [4.69, 9.17) is 0 Å². The summed E-state index contributed by atoms with van der Waals surface area (Å²) >= 11 is 3.37. The highest BCUT2D eigenvalue weighted by Crippen LogP contribution is 2.30. The number of aryl methyl sites for hydroxylation is 1. The first-order valence-corrected chi connectivity index (χ1v) is 8.27. The molecule has 7 heteroatoms. The molecule has 1 N–H and O–H groups in total. The molecule has 0 aliphatic heterocycles. The molecule has 0 fully saturated rings. The van der Waals surface area contributed by atoms with E-state index in [1.165, 1.54) is 6.26 Å². The van der Waals surface area contributed by atoms with Gasteiger partial charge in [0.25, 0.3) is 0 Å². The molecule has 1 aromatic carbocycles. The molecule has 0 bridgehead atoms. The second kappa shape index (κ2) is 5.34. The summed E-state index contributed by atoms with van der Waals surface area (Å²) in [5.74, 6) is 0. The highest BCUT2D eigenvalue weighted by atomic mass is 79.9. The molecule has 19 heavy (non-hydrogen) atoms. The topological polar surface area (TPSA) is 64.0 Å². The normalized spacial score (nSPS) is 11.5. The van der Waals surface area contributed by atoms with Crippen molar-refractivity contribution < 1.29 is 8.42 Å². The lowest BCUT2D eigenvalue weighted by atomic mass is 10.3. The smallest absolute Gasteiger partial charge is 0.177 e. The van der Waals surface area contributed by atoms with Crippen LogP contribution in [0.1, 0.15) is 5.69 Å². The number of halogens is 1. The predicted molar refractivity (Wildman–Crippen MR) is 77.8 cm³/mol. The van der Waals surface area contributed by atoms with Gasteiger partial charge in [0.15, 0.2) is 9.84 Å². The number of hydrogen-bond donors (Lipinski definition) is 1. The van der Waals surface area contributed by atoms with Crippen LogP contribution in [0.3, 0.4) is 0 Å². The third-order valence-electron chi connectivity index (χ3n) is 2.74. The van der Waals surface area contributed by atoms with Crippen LogP contribution in [0, 0.1) is 0 Å². The lowest BCUT2D eigenvalue weighted by molar-refractivity contribution is 0.602. The third-order valence-corrected chi connectivity index (χ3v) is 4.54. The molecule has 0 amide bonds. The molecule has 0 radical (unpaired) electrons. The SMILES string of the molecule is Cn1nccc1CNc1c(Br)cccc1S(C)(=O)=O. The van der Waals surface area contributed by atoms with Crippen LogP contribution in [0.25, 0.3) is 0 Å². The van der Waals surface area contributed by atoms with Crippen LogP contribution in [0.2, 0.25) is 0 Å². The fourth-order valence-electron chi connectivity index (χ4n) is 1.74. The molecule has 2 aromatic rings. The maximum atomic E-state index is 11.8. The van der Waals surface area contributed by atoms with E-state index in [0.717, 1.165) is 10.2 Å². The molecule has 0 atom stereocenters. The third kappa shape index (κ3) is 3.16. The van der Waals surface area contributed by atoms with Gasteiger partial charge in [-0.05, 0) is 34.1 Å². The zero-order valence-electron chi connectivity index (χ0n) is 10.6. The molecular weight excluding hydrogens is 330 g/mol. The van der Waals surface area contributed by atoms with Crippen LogP contribution in [0.4, 0.5) is 5.69 Å². The Morgan fingerprint density at radius 3 is 2.68 bits per heavy atom. The molecule has 0 aliphatic carbocycles. The average molecular weight is 344 g/mol. The summed E-state index contributed by atoms with van der Waals surface area (Å²) in [6, 6.07) is 6.98. The molecule has 0 saturated carbocycles. The van der Waals surface area contributed by atoms with Crippen molar-refractivity contribution in [2.45, 2.75) is 11.4 Å². The zero-order chi connectivity index (χ0) is 14.0. The maximum absolute atomic E-state index is 11.8. The summed E-state index contributed by atoms with van der Waals surface area (Å²) in [5, 5.41) is 7.21. The van der Waals surface area contributed by atoms with Crippen molar-refractivity contribution >= 4 is 31.5 Å². The first-order chi connectivity index (χ1) is 8.89. The first-order valence-electron chi connectivity index (χ1n) is 5.59. The summed E-state index contributed by atoms with van der Waals surface area (Å²) in [4.78, 5) is 0.282. The van der Waals surface area contributed by atoms with Crippen molar-refractivity contribution in [1.82, 2.24) is 9.78 Å². The minimum atomic E-state index is -3.27. The van der Waals surface area contributed by atoms with E-state index in [9.17, 15) is 8.42 Å². The number of rotatable bonds is 4. The number of anilines is 1. The van der Waals surface area contributed by atoms with Gasteiger partial charge in [0.05, 0.1) is 22.8 Å². The van der Waals surface area contributed by atoms with Gasteiger partial charge in [0.2, 0.25) is 0 Å². The highest BCUT2D eigenvalue weighted by molar-refractivity contribution is 9.10. The maximum Gasteiger partial charge on any atom is 0.177 e. The number of hydrogen-bond acceptors (Lipinski definition) is 4. The fourth-order valence-corrected chi connectivity index (χ4v) is 3.25. The van der Waals surface area contributed by atoms with Crippen molar-refractivity contribution in [3.63, 3.8) is 0 Å². The zero-order valence-corrected chi connectivity index (χ0v) is 13.0. The second-order valence-electron chi connectivity index (χ2n) is 4.18.